The average molecular weight is 270 g/mol. The summed E-state index contributed by atoms with van der Waals surface area (Å²) in [6, 6.07) is 8.29. The van der Waals surface area contributed by atoms with E-state index >= 15 is 0 Å². The molecule has 1 aromatic carbocycles. The van der Waals surface area contributed by atoms with Gasteiger partial charge in [0.2, 0.25) is 5.91 Å². The van der Waals surface area contributed by atoms with Crippen LogP contribution in [-0.4, -0.2) is 19.0 Å². The van der Waals surface area contributed by atoms with Gasteiger partial charge in [-0.05, 0) is 36.8 Å². The maximum absolute atomic E-state index is 12.1. The van der Waals surface area contributed by atoms with E-state index in [9.17, 15) is 4.79 Å². The van der Waals surface area contributed by atoms with Gasteiger partial charge in [-0.15, -0.1) is 0 Å². The van der Waals surface area contributed by atoms with Crippen molar-refractivity contribution in [3.63, 3.8) is 0 Å². The molecule has 0 saturated heterocycles. The molecule has 0 saturated carbocycles. The molecule has 0 radical (unpaired) electrons. The summed E-state index contributed by atoms with van der Waals surface area (Å²) in [6.45, 7) is 1.70. The number of para-hydroxylation sites is 1. The number of benzene rings is 1. The van der Waals surface area contributed by atoms with E-state index in [4.69, 9.17) is 0 Å². The molecule has 2 atom stereocenters. The quantitative estimate of drug-likeness (QED) is 0.826. The monoisotopic (exact) mass is 270 g/mol. The number of carbonyl (C=O) groups excluding carboxylic acids is 1. The van der Waals surface area contributed by atoms with Crippen LogP contribution in [0.1, 0.15) is 37.2 Å². The fourth-order valence-corrected chi connectivity index (χ4v) is 3.14. The Morgan fingerprint density at radius 3 is 3.05 bits per heavy atom. The van der Waals surface area contributed by atoms with Crippen molar-refractivity contribution in [3.8, 4) is 0 Å². The molecule has 1 heterocycles. The summed E-state index contributed by atoms with van der Waals surface area (Å²) < 4.78 is 0. The van der Waals surface area contributed by atoms with Crippen LogP contribution in [0.15, 0.2) is 36.4 Å². The normalized spacial score (nSPS) is 24.0. The van der Waals surface area contributed by atoms with Crippen molar-refractivity contribution >= 4 is 11.6 Å². The van der Waals surface area contributed by atoms with E-state index in [0.717, 1.165) is 25.9 Å². The first-order chi connectivity index (χ1) is 9.83. The van der Waals surface area contributed by atoms with Gasteiger partial charge < -0.3 is 10.6 Å². The number of hydrogen-bond donors (Lipinski definition) is 2. The lowest BCUT2D eigenvalue weighted by molar-refractivity contribution is -0.121. The van der Waals surface area contributed by atoms with Gasteiger partial charge in [-0.2, -0.15) is 0 Å². The molecule has 0 aromatic heterocycles. The minimum atomic E-state index is 0.183. The smallest absolute Gasteiger partial charge is 0.220 e. The Labute approximate surface area is 120 Å². The number of nitrogens with one attached hydrogen (secondary N) is 2. The number of allylic oxidation sites excluding steroid dienone is 2. The molecule has 106 valence electrons. The molecule has 1 amide bonds. The molecular formula is C17H22N2O. The van der Waals surface area contributed by atoms with Crippen molar-refractivity contribution in [1.29, 1.82) is 0 Å². The highest BCUT2D eigenvalue weighted by molar-refractivity contribution is 5.78. The minimum Gasteiger partial charge on any atom is -0.384 e. The highest BCUT2D eigenvalue weighted by atomic mass is 16.1. The first kappa shape index (κ1) is 13.2. The molecule has 2 aliphatic rings. The van der Waals surface area contributed by atoms with Crippen LogP contribution in [0.25, 0.3) is 0 Å². The molecular weight excluding hydrogens is 248 g/mol. The van der Waals surface area contributed by atoms with E-state index in [1.165, 1.54) is 17.7 Å². The first-order valence-electron chi connectivity index (χ1n) is 7.57. The number of amides is 1. The molecule has 0 spiro atoms. The maximum atomic E-state index is 12.1. The van der Waals surface area contributed by atoms with Gasteiger partial charge in [0.05, 0.1) is 0 Å². The van der Waals surface area contributed by atoms with Crippen LogP contribution in [0.3, 0.4) is 0 Å². The first-order valence-corrected chi connectivity index (χ1v) is 7.57. The van der Waals surface area contributed by atoms with Crippen molar-refractivity contribution in [1.82, 2.24) is 5.32 Å². The molecule has 1 aliphatic carbocycles. The lowest BCUT2D eigenvalue weighted by Crippen LogP contribution is -2.30. The fourth-order valence-electron chi connectivity index (χ4n) is 3.14. The Kier molecular flexibility index (Phi) is 4.05. The van der Waals surface area contributed by atoms with E-state index in [0.29, 0.717) is 18.3 Å². The van der Waals surface area contributed by atoms with Crippen LogP contribution in [0, 0.1) is 5.92 Å². The minimum absolute atomic E-state index is 0.183. The van der Waals surface area contributed by atoms with Crippen LogP contribution in [0.5, 0.6) is 0 Å². The van der Waals surface area contributed by atoms with Gasteiger partial charge in [0.25, 0.3) is 0 Å². The summed E-state index contributed by atoms with van der Waals surface area (Å²) in [5.74, 6) is 1.12. The molecule has 20 heavy (non-hydrogen) atoms. The standard InChI is InChI=1S/C17H22N2O/c20-17(19-11-13-6-2-1-3-7-13)10-14-12-18-16-9-5-4-8-15(14)16/h1-2,4-5,8-9,13-14,18H,3,6-7,10-12H2,(H,19,20). The lowest BCUT2D eigenvalue weighted by Gasteiger charge is -2.18. The Balaban J connectivity index is 1.49. The van der Waals surface area contributed by atoms with Gasteiger partial charge in [-0.1, -0.05) is 30.4 Å². The molecule has 0 fully saturated rings. The van der Waals surface area contributed by atoms with Crippen LogP contribution in [0.2, 0.25) is 0 Å². The number of carbonyl (C=O) groups is 1. The van der Waals surface area contributed by atoms with Crippen LogP contribution in [0.4, 0.5) is 5.69 Å². The zero-order valence-electron chi connectivity index (χ0n) is 11.8. The highest BCUT2D eigenvalue weighted by Crippen LogP contribution is 2.33. The molecule has 2 unspecified atom stereocenters. The van der Waals surface area contributed by atoms with Gasteiger partial charge in [0.15, 0.2) is 0 Å². The van der Waals surface area contributed by atoms with E-state index in [1.807, 2.05) is 12.1 Å². The molecule has 1 aromatic rings. The van der Waals surface area contributed by atoms with Crippen LogP contribution >= 0.6 is 0 Å². The number of rotatable bonds is 4. The second kappa shape index (κ2) is 6.12. The number of fused-ring (bicyclic) bond motifs is 1. The molecule has 2 N–H and O–H groups in total. The Hall–Kier alpha value is -1.77. The van der Waals surface area contributed by atoms with Crippen molar-refractivity contribution in [3.05, 3.63) is 42.0 Å². The third-order valence-electron chi connectivity index (χ3n) is 4.34. The zero-order chi connectivity index (χ0) is 13.8. The van der Waals surface area contributed by atoms with E-state index in [1.54, 1.807) is 0 Å². The van der Waals surface area contributed by atoms with E-state index < -0.39 is 0 Å². The topological polar surface area (TPSA) is 41.1 Å². The van der Waals surface area contributed by atoms with E-state index in [-0.39, 0.29) is 5.91 Å². The van der Waals surface area contributed by atoms with E-state index in [2.05, 4.69) is 34.9 Å². The Morgan fingerprint density at radius 2 is 2.20 bits per heavy atom. The summed E-state index contributed by atoms with van der Waals surface area (Å²) in [5.41, 5.74) is 2.46. The fraction of sp³-hybridized carbons (Fsp3) is 0.471. The predicted octanol–water partition coefficient (Wildman–Crippen LogP) is 3.06. The van der Waals surface area contributed by atoms with Crippen LogP contribution in [-0.2, 0) is 4.79 Å². The summed E-state index contributed by atoms with van der Waals surface area (Å²) in [6.07, 6.45) is 8.52. The second-order valence-corrected chi connectivity index (χ2v) is 5.82. The lowest BCUT2D eigenvalue weighted by atomic mass is 9.94. The third-order valence-corrected chi connectivity index (χ3v) is 4.34. The average Bonchev–Trinajstić information content (AvgIpc) is 2.90. The van der Waals surface area contributed by atoms with Crippen LogP contribution < -0.4 is 10.6 Å². The van der Waals surface area contributed by atoms with Gasteiger partial charge in [-0.25, -0.2) is 0 Å². The van der Waals surface area contributed by atoms with Crippen molar-refractivity contribution in [2.24, 2.45) is 5.92 Å². The molecule has 3 nitrogen and oxygen atoms in total. The predicted molar refractivity (Wildman–Crippen MR) is 81.8 cm³/mol. The largest absolute Gasteiger partial charge is 0.384 e. The summed E-state index contributed by atoms with van der Waals surface area (Å²) in [5, 5.41) is 6.48. The molecule has 0 bridgehead atoms. The Bertz CT molecular complexity index is 509. The summed E-state index contributed by atoms with van der Waals surface area (Å²) >= 11 is 0. The number of hydrogen-bond acceptors (Lipinski definition) is 2. The van der Waals surface area contributed by atoms with Gasteiger partial charge in [0.1, 0.15) is 0 Å². The zero-order valence-corrected chi connectivity index (χ0v) is 11.8. The molecule has 3 rings (SSSR count). The van der Waals surface area contributed by atoms with Gasteiger partial charge >= 0.3 is 0 Å². The van der Waals surface area contributed by atoms with Gasteiger partial charge in [-0.3, -0.25) is 4.79 Å². The summed E-state index contributed by atoms with van der Waals surface area (Å²) in [4.78, 5) is 12.1. The summed E-state index contributed by atoms with van der Waals surface area (Å²) in [7, 11) is 0. The molecule has 1 aliphatic heterocycles. The SMILES string of the molecule is O=C(CC1CNc2ccccc21)NCC1CC=CCC1. The molecule has 3 heteroatoms. The van der Waals surface area contributed by atoms with Gasteiger partial charge in [0, 0.05) is 31.1 Å². The Morgan fingerprint density at radius 1 is 1.30 bits per heavy atom. The van der Waals surface area contributed by atoms with Crippen molar-refractivity contribution < 1.29 is 4.79 Å². The third kappa shape index (κ3) is 3.03. The second-order valence-electron chi connectivity index (χ2n) is 5.82. The maximum Gasteiger partial charge on any atom is 0.220 e. The highest BCUT2D eigenvalue weighted by Gasteiger charge is 2.24. The van der Waals surface area contributed by atoms with Crippen molar-refractivity contribution in [2.45, 2.75) is 31.6 Å². The van der Waals surface area contributed by atoms with Crippen molar-refractivity contribution in [2.75, 3.05) is 18.4 Å². The number of anilines is 1.